The van der Waals surface area contributed by atoms with Gasteiger partial charge in [0.2, 0.25) is 0 Å². The quantitative estimate of drug-likeness (QED) is 0.784. The molecule has 1 fully saturated rings. The minimum absolute atomic E-state index is 0.305. The first-order chi connectivity index (χ1) is 11.8. The molecule has 1 aromatic heterocycles. The van der Waals surface area contributed by atoms with E-state index in [1.54, 1.807) is 11.8 Å². The third-order valence-electron chi connectivity index (χ3n) is 4.63. The lowest BCUT2D eigenvalue weighted by Crippen LogP contribution is -2.40. The van der Waals surface area contributed by atoms with Crippen LogP contribution in [0.3, 0.4) is 0 Å². The standard InChI is InChI=1S/C18H27N3O4/c1-5-24-16(22)15-13-11-20(17(23)25-18(2,3)4)10-9-14(13)21(19-15)12-7-6-8-12/h12H,5-11H2,1-4H3. The molecule has 1 amide bonds. The summed E-state index contributed by atoms with van der Waals surface area (Å²) in [5, 5.41) is 4.56. The molecule has 0 aromatic carbocycles. The normalized spacial score (nSPS) is 17.7. The van der Waals surface area contributed by atoms with Gasteiger partial charge in [-0.25, -0.2) is 9.59 Å². The number of carbonyl (C=O) groups excluding carboxylic acids is 2. The number of fused-ring (bicyclic) bond motifs is 1. The van der Waals surface area contributed by atoms with Crippen molar-refractivity contribution in [2.24, 2.45) is 0 Å². The Morgan fingerprint density at radius 2 is 2.00 bits per heavy atom. The fraction of sp³-hybridized carbons (Fsp3) is 0.722. The fourth-order valence-electron chi connectivity index (χ4n) is 3.22. The highest BCUT2D eigenvalue weighted by Gasteiger charge is 2.35. The molecule has 25 heavy (non-hydrogen) atoms. The van der Waals surface area contributed by atoms with E-state index in [-0.39, 0.29) is 6.09 Å². The highest BCUT2D eigenvalue weighted by Crippen LogP contribution is 2.35. The molecule has 138 valence electrons. The largest absolute Gasteiger partial charge is 0.461 e. The molecule has 7 nitrogen and oxygen atoms in total. The second-order valence-corrected chi connectivity index (χ2v) is 7.68. The molecule has 3 rings (SSSR count). The first-order valence-corrected chi connectivity index (χ1v) is 9.05. The van der Waals surface area contributed by atoms with Crippen LogP contribution in [-0.2, 0) is 22.4 Å². The van der Waals surface area contributed by atoms with Gasteiger partial charge in [-0.2, -0.15) is 5.10 Å². The van der Waals surface area contributed by atoms with E-state index in [1.807, 2.05) is 25.5 Å². The van der Waals surface area contributed by atoms with Crippen molar-refractivity contribution in [1.82, 2.24) is 14.7 Å². The highest BCUT2D eigenvalue weighted by atomic mass is 16.6. The molecule has 0 spiro atoms. The third-order valence-corrected chi connectivity index (χ3v) is 4.63. The predicted octanol–water partition coefficient (Wildman–Crippen LogP) is 3.08. The summed E-state index contributed by atoms with van der Waals surface area (Å²) in [6.45, 7) is 8.53. The summed E-state index contributed by atoms with van der Waals surface area (Å²) in [5.41, 5.74) is 1.67. The predicted molar refractivity (Wildman–Crippen MR) is 91.4 cm³/mol. The number of nitrogens with zero attached hydrogens (tertiary/aromatic N) is 3. The number of amides is 1. The van der Waals surface area contributed by atoms with Gasteiger partial charge < -0.3 is 14.4 Å². The summed E-state index contributed by atoms with van der Waals surface area (Å²) in [5.74, 6) is -0.414. The number of aromatic nitrogens is 2. The number of esters is 1. The van der Waals surface area contributed by atoms with Gasteiger partial charge in [0.25, 0.3) is 0 Å². The molecule has 2 heterocycles. The van der Waals surface area contributed by atoms with E-state index in [4.69, 9.17) is 9.47 Å². The first-order valence-electron chi connectivity index (χ1n) is 9.05. The lowest BCUT2D eigenvalue weighted by Gasteiger charge is -2.32. The summed E-state index contributed by atoms with van der Waals surface area (Å²) >= 11 is 0. The molecule has 1 saturated carbocycles. The average molecular weight is 349 g/mol. The van der Waals surface area contributed by atoms with Gasteiger partial charge >= 0.3 is 12.1 Å². The number of rotatable bonds is 3. The summed E-state index contributed by atoms with van der Waals surface area (Å²) in [4.78, 5) is 26.4. The second-order valence-electron chi connectivity index (χ2n) is 7.68. The molecular weight excluding hydrogens is 322 g/mol. The van der Waals surface area contributed by atoms with Crippen molar-refractivity contribution in [3.8, 4) is 0 Å². The van der Waals surface area contributed by atoms with E-state index in [0.29, 0.717) is 37.9 Å². The van der Waals surface area contributed by atoms with Crippen LogP contribution in [0.5, 0.6) is 0 Å². The summed E-state index contributed by atoms with van der Waals surface area (Å²) in [6, 6.07) is 0.366. The van der Waals surface area contributed by atoms with Gasteiger partial charge in [-0.15, -0.1) is 0 Å². The zero-order chi connectivity index (χ0) is 18.2. The molecule has 0 atom stereocenters. The maximum absolute atomic E-state index is 12.4. The van der Waals surface area contributed by atoms with Gasteiger partial charge in [0.05, 0.1) is 19.2 Å². The SMILES string of the molecule is CCOC(=O)c1nn(C2CCC2)c2c1CN(C(=O)OC(C)(C)C)CC2. The lowest BCUT2D eigenvalue weighted by atomic mass is 9.92. The van der Waals surface area contributed by atoms with Crippen LogP contribution in [-0.4, -0.2) is 45.5 Å². The van der Waals surface area contributed by atoms with Crippen LogP contribution in [0.1, 0.15) is 74.7 Å². The minimum Gasteiger partial charge on any atom is -0.461 e. The summed E-state index contributed by atoms with van der Waals surface area (Å²) in [6.07, 6.45) is 3.69. The summed E-state index contributed by atoms with van der Waals surface area (Å²) < 4.78 is 12.6. The van der Waals surface area contributed by atoms with E-state index in [9.17, 15) is 9.59 Å². The van der Waals surface area contributed by atoms with E-state index in [2.05, 4.69) is 5.10 Å². The molecular formula is C18H27N3O4. The Morgan fingerprint density at radius 1 is 1.28 bits per heavy atom. The maximum atomic E-state index is 12.4. The van der Waals surface area contributed by atoms with Gasteiger partial charge in [0, 0.05) is 24.2 Å². The van der Waals surface area contributed by atoms with Crippen molar-refractivity contribution in [3.05, 3.63) is 17.0 Å². The van der Waals surface area contributed by atoms with Gasteiger partial charge in [-0.05, 0) is 47.0 Å². The van der Waals surface area contributed by atoms with Gasteiger partial charge in [-0.3, -0.25) is 4.68 Å². The Bertz CT molecular complexity index is 671. The summed E-state index contributed by atoms with van der Waals surface area (Å²) in [7, 11) is 0. The topological polar surface area (TPSA) is 73.7 Å². The van der Waals surface area contributed by atoms with Crippen LogP contribution in [0, 0.1) is 0 Å². The third kappa shape index (κ3) is 3.65. The molecule has 0 N–H and O–H groups in total. The van der Waals surface area contributed by atoms with Crippen LogP contribution in [0.15, 0.2) is 0 Å². The van der Waals surface area contributed by atoms with Gasteiger partial charge in [0.1, 0.15) is 5.60 Å². The Hall–Kier alpha value is -2.05. The van der Waals surface area contributed by atoms with Crippen LogP contribution >= 0.6 is 0 Å². The number of hydrogen-bond donors (Lipinski definition) is 0. The molecule has 7 heteroatoms. The van der Waals surface area contributed by atoms with Crippen molar-refractivity contribution in [1.29, 1.82) is 0 Å². The molecule has 0 saturated heterocycles. The van der Waals surface area contributed by atoms with Crippen LogP contribution in [0.4, 0.5) is 4.79 Å². The second kappa shape index (κ2) is 6.69. The van der Waals surface area contributed by atoms with E-state index in [0.717, 1.165) is 24.1 Å². The Morgan fingerprint density at radius 3 is 2.56 bits per heavy atom. The zero-order valence-corrected chi connectivity index (χ0v) is 15.5. The zero-order valence-electron chi connectivity index (χ0n) is 15.5. The van der Waals surface area contributed by atoms with Gasteiger partial charge in [0.15, 0.2) is 5.69 Å². The van der Waals surface area contributed by atoms with Gasteiger partial charge in [-0.1, -0.05) is 0 Å². The Labute approximate surface area is 148 Å². The van der Waals surface area contributed by atoms with Crippen molar-refractivity contribution < 1.29 is 19.1 Å². The fourth-order valence-corrected chi connectivity index (χ4v) is 3.22. The Balaban J connectivity index is 1.87. The smallest absolute Gasteiger partial charge is 0.410 e. The van der Waals surface area contributed by atoms with Crippen LogP contribution in [0.25, 0.3) is 0 Å². The lowest BCUT2D eigenvalue weighted by molar-refractivity contribution is 0.0218. The van der Waals surface area contributed by atoms with Crippen LogP contribution in [0.2, 0.25) is 0 Å². The number of ether oxygens (including phenoxy) is 2. The monoisotopic (exact) mass is 349 g/mol. The van der Waals surface area contributed by atoms with Crippen molar-refractivity contribution in [2.45, 2.75) is 71.6 Å². The van der Waals surface area contributed by atoms with Crippen LogP contribution < -0.4 is 0 Å². The maximum Gasteiger partial charge on any atom is 0.410 e. The Kier molecular flexibility index (Phi) is 4.75. The molecule has 2 aliphatic rings. The molecule has 1 aliphatic heterocycles. The number of carbonyl (C=O) groups is 2. The van der Waals surface area contributed by atoms with Crippen molar-refractivity contribution in [2.75, 3.05) is 13.2 Å². The number of hydrogen-bond acceptors (Lipinski definition) is 5. The van der Waals surface area contributed by atoms with Crippen molar-refractivity contribution >= 4 is 12.1 Å². The van der Waals surface area contributed by atoms with E-state index >= 15 is 0 Å². The van der Waals surface area contributed by atoms with Crippen molar-refractivity contribution in [3.63, 3.8) is 0 Å². The van der Waals surface area contributed by atoms with E-state index in [1.165, 1.54) is 6.42 Å². The molecule has 0 unspecified atom stereocenters. The minimum atomic E-state index is -0.544. The average Bonchev–Trinajstić information content (AvgIpc) is 2.83. The molecule has 1 aromatic rings. The first kappa shape index (κ1) is 17.8. The molecule has 0 radical (unpaired) electrons. The van der Waals surface area contributed by atoms with E-state index < -0.39 is 11.6 Å². The molecule has 1 aliphatic carbocycles. The molecule has 0 bridgehead atoms. The highest BCUT2D eigenvalue weighted by molar-refractivity contribution is 5.89.